The molecule has 0 heterocycles. The van der Waals surface area contributed by atoms with Gasteiger partial charge in [-0.25, -0.2) is 4.39 Å². The van der Waals surface area contributed by atoms with E-state index in [1.165, 1.54) is 6.08 Å². The average Bonchev–Trinajstić information content (AvgIpc) is 1.95. The molecule has 2 unspecified atom stereocenters. The summed E-state index contributed by atoms with van der Waals surface area (Å²) in [6.45, 7) is 2.69. The van der Waals surface area contributed by atoms with E-state index in [9.17, 15) is 4.39 Å². The Morgan fingerprint density at radius 3 is 2.91 bits per heavy atom. The van der Waals surface area contributed by atoms with Crippen molar-refractivity contribution in [3.63, 3.8) is 0 Å². The second kappa shape index (κ2) is 3.67. The SMILES string of the molecule is CC1C=C(F)C=CC1CCN. The summed E-state index contributed by atoms with van der Waals surface area (Å²) in [7, 11) is 0. The van der Waals surface area contributed by atoms with Gasteiger partial charge >= 0.3 is 0 Å². The lowest BCUT2D eigenvalue weighted by Gasteiger charge is -2.19. The summed E-state index contributed by atoms with van der Waals surface area (Å²) in [6.07, 6.45) is 6.04. The Kier molecular flexibility index (Phi) is 2.83. The van der Waals surface area contributed by atoms with E-state index < -0.39 is 0 Å². The van der Waals surface area contributed by atoms with E-state index in [1.54, 1.807) is 6.08 Å². The maximum Gasteiger partial charge on any atom is 0.119 e. The monoisotopic (exact) mass is 155 g/mol. The Hall–Kier alpha value is -0.630. The van der Waals surface area contributed by atoms with Crippen molar-refractivity contribution in [3.8, 4) is 0 Å². The first kappa shape index (κ1) is 8.47. The molecular formula is C9H14FN. The molecule has 2 heteroatoms. The molecule has 0 aliphatic heterocycles. The molecule has 0 aromatic rings. The van der Waals surface area contributed by atoms with E-state index >= 15 is 0 Å². The maximum atomic E-state index is 12.6. The highest BCUT2D eigenvalue weighted by molar-refractivity contribution is 5.19. The van der Waals surface area contributed by atoms with Crippen LogP contribution in [0.25, 0.3) is 0 Å². The molecule has 0 saturated carbocycles. The molecule has 0 amide bonds. The van der Waals surface area contributed by atoms with Crippen LogP contribution in [0.1, 0.15) is 13.3 Å². The molecule has 62 valence electrons. The third kappa shape index (κ3) is 2.15. The standard InChI is InChI=1S/C9H14FN/c1-7-6-9(10)3-2-8(7)4-5-11/h2-3,6-8H,4-5,11H2,1H3. The molecular weight excluding hydrogens is 141 g/mol. The molecule has 1 nitrogen and oxygen atoms in total. The van der Waals surface area contributed by atoms with Crippen LogP contribution < -0.4 is 5.73 Å². The summed E-state index contributed by atoms with van der Waals surface area (Å²) in [5.41, 5.74) is 5.41. The van der Waals surface area contributed by atoms with Crippen LogP contribution in [0.3, 0.4) is 0 Å². The number of nitrogens with two attached hydrogens (primary N) is 1. The molecule has 0 fully saturated rings. The van der Waals surface area contributed by atoms with Gasteiger partial charge in [0.1, 0.15) is 5.83 Å². The lowest BCUT2D eigenvalue weighted by molar-refractivity contribution is 0.460. The zero-order valence-electron chi connectivity index (χ0n) is 6.76. The van der Waals surface area contributed by atoms with Crippen molar-refractivity contribution in [2.75, 3.05) is 6.54 Å². The van der Waals surface area contributed by atoms with E-state index in [0.717, 1.165) is 6.42 Å². The fourth-order valence-electron chi connectivity index (χ4n) is 1.37. The van der Waals surface area contributed by atoms with Gasteiger partial charge in [-0.2, -0.15) is 0 Å². The van der Waals surface area contributed by atoms with Crippen molar-refractivity contribution in [2.45, 2.75) is 13.3 Å². The van der Waals surface area contributed by atoms with E-state index in [2.05, 4.69) is 0 Å². The van der Waals surface area contributed by atoms with Crippen molar-refractivity contribution in [2.24, 2.45) is 17.6 Å². The Labute approximate surface area is 66.8 Å². The second-order valence-electron chi connectivity index (χ2n) is 3.01. The summed E-state index contributed by atoms with van der Waals surface area (Å²) in [5, 5.41) is 0. The number of rotatable bonds is 2. The predicted octanol–water partition coefficient (Wildman–Crippen LogP) is 2.01. The van der Waals surface area contributed by atoms with Crippen molar-refractivity contribution in [3.05, 3.63) is 24.1 Å². The summed E-state index contributed by atoms with van der Waals surface area (Å²) < 4.78 is 12.6. The van der Waals surface area contributed by atoms with Crippen LogP contribution in [0.4, 0.5) is 4.39 Å². The number of allylic oxidation sites excluding steroid dienone is 4. The zero-order valence-corrected chi connectivity index (χ0v) is 6.76. The van der Waals surface area contributed by atoms with Crippen molar-refractivity contribution in [1.82, 2.24) is 0 Å². The van der Waals surface area contributed by atoms with Crippen molar-refractivity contribution < 1.29 is 4.39 Å². The minimum absolute atomic E-state index is 0.120. The molecule has 2 atom stereocenters. The van der Waals surface area contributed by atoms with Crippen LogP contribution in [0, 0.1) is 11.8 Å². The normalized spacial score (nSPS) is 30.3. The van der Waals surface area contributed by atoms with E-state index in [-0.39, 0.29) is 5.83 Å². The Bertz CT molecular complexity index is 184. The van der Waals surface area contributed by atoms with Gasteiger partial charge in [0.25, 0.3) is 0 Å². The number of halogens is 1. The van der Waals surface area contributed by atoms with E-state index in [4.69, 9.17) is 5.73 Å². The van der Waals surface area contributed by atoms with Gasteiger partial charge in [-0.15, -0.1) is 0 Å². The summed E-state index contributed by atoms with van der Waals surface area (Å²) in [6, 6.07) is 0. The second-order valence-corrected chi connectivity index (χ2v) is 3.01. The molecule has 0 bridgehead atoms. The summed E-state index contributed by atoms with van der Waals surface area (Å²) >= 11 is 0. The Balaban J connectivity index is 2.54. The quantitative estimate of drug-likeness (QED) is 0.648. The highest BCUT2D eigenvalue weighted by Crippen LogP contribution is 2.25. The minimum atomic E-state index is -0.120. The molecule has 0 spiro atoms. The van der Waals surface area contributed by atoms with Gasteiger partial charge in [0, 0.05) is 0 Å². The lowest BCUT2D eigenvalue weighted by Crippen LogP contribution is -2.14. The highest BCUT2D eigenvalue weighted by atomic mass is 19.1. The third-order valence-corrected chi connectivity index (χ3v) is 2.10. The van der Waals surface area contributed by atoms with E-state index in [0.29, 0.717) is 18.4 Å². The van der Waals surface area contributed by atoms with Crippen LogP contribution in [-0.2, 0) is 0 Å². The average molecular weight is 155 g/mol. The molecule has 2 N–H and O–H groups in total. The maximum absolute atomic E-state index is 12.6. The van der Waals surface area contributed by atoms with Gasteiger partial charge in [0.15, 0.2) is 0 Å². The van der Waals surface area contributed by atoms with Gasteiger partial charge in [0.2, 0.25) is 0 Å². The largest absolute Gasteiger partial charge is 0.330 e. The molecule has 1 rings (SSSR count). The molecule has 1 aliphatic rings. The van der Waals surface area contributed by atoms with Gasteiger partial charge in [-0.3, -0.25) is 0 Å². The number of hydrogen-bond donors (Lipinski definition) is 1. The molecule has 0 aromatic heterocycles. The van der Waals surface area contributed by atoms with Gasteiger partial charge in [-0.1, -0.05) is 13.0 Å². The van der Waals surface area contributed by atoms with Crippen molar-refractivity contribution >= 4 is 0 Å². The lowest BCUT2D eigenvalue weighted by atomic mass is 9.87. The fraction of sp³-hybridized carbons (Fsp3) is 0.556. The van der Waals surface area contributed by atoms with Crippen LogP contribution in [0.5, 0.6) is 0 Å². The third-order valence-electron chi connectivity index (χ3n) is 2.10. The van der Waals surface area contributed by atoms with E-state index in [1.807, 2.05) is 13.0 Å². The molecule has 0 radical (unpaired) electrons. The summed E-state index contributed by atoms with van der Waals surface area (Å²) in [4.78, 5) is 0. The molecule has 0 aromatic carbocycles. The minimum Gasteiger partial charge on any atom is -0.330 e. The van der Waals surface area contributed by atoms with Crippen LogP contribution in [-0.4, -0.2) is 6.54 Å². The Morgan fingerprint density at radius 2 is 2.36 bits per heavy atom. The molecule has 11 heavy (non-hydrogen) atoms. The summed E-state index contributed by atoms with van der Waals surface area (Å²) in [5.74, 6) is 0.605. The fourth-order valence-corrected chi connectivity index (χ4v) is 1.37. The van der Waals surface area contributed by atoms with Crippen LogP contribution >= 0.6 is 0 Å². The molecule has 0 saturated heterocycles. The van der Waals surface area contributed by atoms with Crippen molar-refractivity contribution in [1.29, 1.82) is 0 Å². The zero-order chi connectivity index (χ0) is 8.27. The first-order valence-corrected chi connectivity index (χ1v) is 3.99. The highest BCUT2D eigenvalue weighted by Gasteiger charge is 2.15. The first-order chi connectivity index (χ1) is 5.24. The van der Waals surface area contributed by atoms with Gasteiger partial charge < -0.3 is 5.73 Å². The Morgan fingerprint density at radius 1 is 1.64 bits per heavy atom. The van der Waals surface area contributed by atoms with Gasteiger partial charge in [-0.05, 0) is 37.0 Å². The van der Waals surface area contributed by atoms with Crippen LogP contribution in [0.15, 0.2) is 24.1 Å². The van der Waals surface area contributed by atoms with Gasteiger partial charge in [0.05, 0.1) is 0 Å². The number of hydrogen-bond acceptors (Lipinski definition) is 1. The first-order valence-electron chi connectivity index (χ1n) is 3.99. The van der Waals surface area contributed by atoms with Crippen LogP contribution in [0.2, 0.25) is 0 Å². The molecule has 1 aliphatic carbocycles. The topological polar surface area (TPSA) is 26.0 Å². The smallest absolute Gasteiger partial charge is 0.119 e. The predicted molar refractivity (Wildman–Crippen MR) is 44.7 cm³/mol.